The van der Waals surface area contributed by atoms with Crippen LogP contribution in [0, 0.1) is 13.8 Å². The van der Waals surface area contributed by atoms with E-state index in [1.807, 2.05) is 30.3 Å². The van der Waals surface area contributed by atoms with Crippen molar-refractivity contribution in [1.82, 2.24) is 19.0 Å². The molecule has 136 valence electrons. The molecule has 1 heterocycles. The molecule has 1 aromatic heterocycles. The number of carbonyl (C=O) groups is 1. The van der Waals surface area contributed by atoms with Gasteiger partial charge in [0.2, 0.25) is 15.9 Å². The fraction of sp³-hybridized carbons (Fsp3) is 0.412. The number of amides is 1. The predicted octanol–water partition coefficient (Wildman–Crippen LogP) is 1.41. The fourth-order valence-corrected chi connectivity index (χ4v) is 3.84. The second kappa shape index (κ2) is 7.37. The van der Waals surface area contributed by atoms with Gasteiger partial charge in [-0.05, 0) is 19.4 Å². The number of carbonyl (C=O) groups excluding carboxylic acids is 1. The standard InChI is InChI=1S/C17H24N4O3S/c1-13-17(25(23,24)19(3)4)14(2)21(18-13)12-16(22)20(5)11-15-9-7-6-8-10-15/h6-10H,11-12H2,1-5H3. The Bertz CT molecular complexity index is 858. The van der Waals surface area contributed by atoms with Crippen LogP contribution in [-0.2, 0) is 27.9 Å². The summed E-state index contributed by atoms with van der Waals surface area (Å²) in [5, 5.41) is 4.25. The third kappa shape index (κ3) is 4.08. The van der Waals surface area contributed by atoms with Gasteiger partial charge in [-0.25, -0.2) is 12.7 Å². The Hall–Kier alpha value is -2.19. The molecule has 0 bridgehead atoms. The number of hydrogen-bond acceptors (Lipinski definition) is 4. The summed E-state index contributed by atoms with van der Waals surface area (Å²) in [5.74, 6) is -0.136. The number of rotatable bonds is 6. The Morgan fingerprint density at radius 3 is 2.28 bits per heavy atom. The van der Waals surface area contributed by atoms with Crippen molar-refractivity contribution in [2.75, 3.05) is 21.1 Å². The molecule has 0 atom stereocenters. The van der Waals surface area contributed by atoms with Gasteiger partial charge in [-0.1, -0.05) is 30.3 Å². The molecule has 0 aliphatic rings. The van der Waals surface area contributed by atoms with Crippen molar-refractivity contribution in [3.63, 3.8) is 0 Å². The van der Waals surface area contributed by atoms with Gasteiger partial charge in [0.05, 0.1) is 11.4 Å². The van der Waals surface area contributed by atoms with Crippen molar-refractivity contribution in [2.24, 2.45) is 0 Å². The van der Waals surface area contributed by atoms with E-state index in [2.05, 4.69) is 5.10 Å². The highest BCUT2D eigenvalue weighted by Crippen LogP contribution is 2.22. The molecule has 8 heteroatoms. The Morgan fingerprint density at radius 2 is 1.72 bits per heavy atom. The lowest BCUT2D eigenvalue weighted by molar-refractivity contribution is -0.131. The molecule has 0 radical (unpaired) electrons. The zero-order chi connectivity index (χ0) is 18.8. The SMILES string of the molecule is Cc1nn(CC(=O)N(C)Cc2ccccc2)c(C)c1S(=O)(=O)N(C)C. The Labute approximate surface area is 148 Å². The Kier molecular flexibility index (Phi) is 5.64. The Balaban J connectivity index is 2.19. The first-order chi connectivity index (χ1) is 11.6. The van der Waals surface area contributed by atoms with Gasteiger partial charge in [0.25, 0.3) is 0 Å². The topological polar surface area (TPSA) is 75.5 Å². The lowest BCUT2D eigenvalue weighted by Crippen LogP contribution is -2.30. The van der Waals surface area contributed by atoms with Gasteiger partial charge in [-0.15, -0.1) is 0 Å². The second-order valence-corrected chi connectivity index (χ2v) is 8.27. The van der Waals surface area contributed by atoms with Crippen LogP contribution in [0.2, 0.25) is 0 Å². The molecule has 25 heavy (non-hydrogen) atoms. The average Bonchev–Trinajstić information content (AvgIpc) is 2.82. The average molecular weight is 364 g/mol. The molecule has 0 saturated heterocycles. The molecule has 7 nitrogen and oxygen atoms in total. The van der Waals surface area contributed by atoms with Crippen LogP contribution >= 0.6 is 0 Å². The molecular weight excluding hydrogens is 340 g/mol. The highest BCUT2D eigenvalue weighted by atomic mass is 32.2. The Morgan fingerprint density at radius 1 is 1.12 bits per heavy atom. The van der Waals surface area contributed by atoms with Crippen LogP contribution in [-0.4, -0.2) is 54.5 Å². The lowest BCUT2D eigenvalue weighted by atomic mass is 10.2. The van der Waals surface area contributed by atoms with Gasteiger partial charge in [0.15, 0.2) is 0 Å². The first-order valence-electron chi connectivity index (χ1n) is 7.89. The lowest BCUT2D eigenvalue weighted by Gasteiger charge is -2.18. The molecule has 2 aromatic rings. The van der Waals surface area contributed by atoms with Gasteiger partial charge >= 0.3 is 0 Å². The molecule has 1 amide bonds. The van der Waals surface area contributed by atoms with Gasteiger partial charge in [0, 0.05) is 27.7 Å². The molecular formula is C17H24N4O3S. The van der Waals surface area contributed by atoms with Crippen molar-refractivity contribution in [3.8, 4) is 0 Å². The number of likely N-dealkylation sites (N-methyl/N-ethyl adjacent to an activating group) is 1. The fourth-order valence-electron chi connectivity index (χ4n) is 2.58. The van der Waals surface area contributed by atoms with E-state index in [0.717, 1.165) is 9.87 Å². The third-order valence-electron chi connectivity index (χ3n) is 4.03. The van der Waals surface area contributed by atoms with E-state index in [0.29, 0.717) is 17.9 Å². The summed E-state index contributed by atoms with van der Waals surface area (Å²) in [6.45, 7) is 3.79. The molecule has 0 N–H and O–H groups in total. The third-order valence-corrected chi connectivity index (χ3v) is 6.10. The van der Waals surface area contributed by atoms with E-state index < -0.39 is 10.0 Å². The summed E-state index contributed by atoms with van der Waals surface area (Å²) in [5.41, 5.74) is 1.89. The summed E-state index contributed by atoms with van der Waals surface area (Å²) in [7, 11) is 1.08. The van der Waals surface area contributed by atoms with Crippen molar-refractivity contribution in [2.45, 2.75) is 31.8 Å². The van der Waals surface area contributed by atoms with Crippen LogP contribution in [0.3, 0.4) is 0 Å². The van der Waals surface area contributed by atoms with E-state index in [-0.39, 0.29) is 17.3 Å². The maximum atomic E-state index is 12.5. The van der Waals surface area contributed by atoms with Crippen molar-refractivity contribution in [1.29, 1.82) is 0 Å². The minimum absolute atomic E-state index is 0.00104. The van der Waals surface area contributed by atoms with E-state index in [1.165, 1.54) is 18.8 Å². The molecule has 0 unspecified atom stereocenters. The van der Waals surface area contributed by atoms with Gasteiger partial charge in [-0.3, -0.25) is 9.48 Å². The molecule has 0 fully saturated rings. The summed E-state index contributed by atoms with van der Waals surface area (Å²) in [4.78, 5) is 14.2. The normalized spacial score (nSPS) is 11.8. The zero-order valence-electron chi connectivity index (χ0n) is 15.2. The van der Waals surface area contributed by atoms with Crippen LogP contribution in [0.5, 0.6) is 0 Å². The zero-order valence-corrected chi connectivity index (χ0v) is 16.0. The van der Waals surface area contributed by atoms with Crippen LogP contribution in [0.15, 0.2) is 35.2 Å². The number of benzene rings is 1. The van der Waals surface area contributed by atoms with E-state index >= 15 is 0 Å². The molecule has 0 aliphatic heterocycles. The summed E-state index contributed by atoms with van der Waals surface area (Å²) in [6, 6.07) is 9.68. The monoisotopic (exact) mass is 364 g/mol. The molecule has 0 spiro atoms. The molecule has 2 rings (SSSR count). The van der Waals surface area contributed by atoms with Gasteiger partial charge in [-0.2, -0.15) is 5.10 Å². The van der Waals surface area contributed by atoms with Gasteiger partial charge < -0.3 is 4.90 Å². The number of hydrogen-bond donors (Lipinski definition) is 0. The summed E-state index contributed by atoms with van der Waals surface area (Å²) < 4.78 is 27.5. The van der Waals surface area contributed by atoms with E-state index in [1.54, 1.807) is 25.8 Å². The number of aromatic nitrogens is 2. The number of aryl methyl sites for hydroxylation is 1. The van der Waals surface area contributed by atoms with Gasteiger partial charge in [0.1, 0.15) is 11.4 Å². The largest absolute Gasteiger partial charge is 0.340 e. The highest BCUT2D eigenvalue weighted by Gasteiger charge is 2.27. The maximum absolute atomic E-state index is 12.5. The van der Waals surface area contributed by atoms with E-state index in [9.17, 15) is 13.2 Å². The minimum atomic E-state index is -3.60. The minimum Gasteiger partial charge on any atom is -0.340 e. The number of nitrogens with zero attached hydrogens (tertiary/aromatic N) is 4. The van der Waals surface area contributed by atoms with Crippen LogP contribution in [0.1, 0.15) is 17.0 Å². The summed E-state index contributed by atoms with van der Waals surface area (Å²) >= 11 is 0. The molecule has 0 aliphatic carbocycles. The van der Waals surface area contributed by atoms with Crippen LogP contribution in [0.4, 0.5) is 0 Å². The van der Waals surface area contributed by atoms with Crippen molar-refractivity contribution >= 4 is 15.9 Å². The highest BCUT2D eigenvalue weighted by molar-refractivity contribution is 7.89. The number of sulfonamides is 1. The quantitative estimate of drug-likeness (QED) is 0.777. The van der Waals surface area contributed by atoms with Crippen molar-refractivity contribution < 1.29 is 13.2 Å². The summed E-state index contributed by atoms with van der Waals surface area (Å²) in [6.07, 6.45) is 0. The second-order valence-electron chi connectivity index (χ2n) is 6.18. The molecule has 1 aromatic carbocycles. The molecule has 0 saturated carbocycles. The smallest absolute Gasteiger partial charge is 0.246 e. The van der Waals surface area contributed by atoms with Crippen LogP contribution < -0.4 is 0 Å². The predicted molar refractivity (Wildman–Crippen MR) is 95.5 cm³/mol. The maximum Gasteiger partial charge on any atom is 0.246 e. The van der Waals surface area contributed by atoms with E-state index in [4.69, 9.17) is 0 Å². The van der Waals surface area contributed by atoms with Crippen LogP contribution in [0.25, 0.3) is 0 Å². The van der Waals surface area contributed by atoms with Crippen molar-refractivity contribution in [3.05, 3.63) is 47.3 Å². The first-order valence-corrected chi connectivity index (χ1v) is 9.33. The first kappa shape index (κ1) is 19.1.